The predicted octanol–water partition coefficient (Wildman–Crippen LogP) is 4.89. The lowest BCUT2D eigenvalue weighted by Gasteiger charge is -2.38. The molecule has 2 aliphatic rings. The van der Waals surface area contributed by atoms with E-state index in [4.69, 9.17) is 16.3 Å². The van der Waals surface area contributed by atoms with Crippen LogP contribution in [-0.4, -0.2) is 10.9 Å². The molecule has 4 atom stereocenters. The first-order valence-electron chi connectivity index (χ1n) is 7.13. The Hall–Kier alpha value is -0.0800. The first-order chi connectivity index (χ1) is 9.43. The van der Waals surface area contributed by atoms with E-state index in [-0.39, 0.29) is 5.60 Å². The van der Waals surface area contributed by atoms with Crippen molar-refractivity contribution in [3.8, 4) is 0 Å². The summed E-state index contributed by atoms with van der Waals surface area (Å²) in [5, 5.41) is 1.73. The monoisotopic (exact) mass is 324 g/mol. The highest BCUT2D eigenvalue weighted by Gasteiger charge is 2.52. The van der Waals surface area contributed by atoms with Crippen LogP contribution in [-0.2, 0) is 16.3 Å². The van der Waals surface area contributed by atoms with Crippen molar-refractivity contribution < 1.29 is 4.52 Å². The normalized spacial score (nSPS) is 40.3. The maximum absolute atomic E-state index is 6.51. The Kier molecular flexibility index (Phi) is 3.92. The zero-order valence-electron chi connectivity index (χ0n) is 12.0. The molecule has 0 amide bonds. The summed E-state index contributed by atoms with van der Waals surface area (Å²) in [7, 11) is 0. The third-order valence-corrected chi connectivity index (χ3v) is 11.4. The molecule has 0 spiro atoms. The standard InChI is InChI=1S/C16H21OPS2/c1-12(2)13-9-10-16(3)15(11-13)20-18(19,17-16)14-7-5-4-6-8-14/h4-8,13,15H,1,9-11H2,2-3H3/t13-,15+,16+,18+/m1/s1. The van der Waals surface area contributed by atoms with Gasteiger partial charge in [-0.25, -0.2) is 0 Å². The van der Waals surface area contributed by atoms with Crippen LogP contribution >= 0.6 is 16.8 Å². The predicted molar refractivity (Wildman–Crippen MR) is 93.4 cm³/mol. The Morgan fingerprint density at radius 3 is 2.80 bits per heavy atom. The van der Waals surface area contributed by atoms with Crippen molar-refractivity contribution in [2.45, 2.75) is 44.0 Å². The summed E-state index contributed by atoms with van der Waals surface area (Å²) in [4.78, 5) is 0. The summed E-state index contributed by atoms with van der Waals surface area (Å²) in [6.07, 6.45) is 3.46. The second-order valence-corrected chi connectivity index (χ2v) is 13.0. The summed E-state index contributed by atoms with van der Waals surface area (Å²) in [6, 6.07) is 10.4. The van der Waals surface area contributed by atoms with Gasteiger partial charge in [0.2, 0.25) is 0 Å². The minimum absolute atomic E-state index is 0.0397. The van der Waals surface area contributed by atoms with Crippen LogP contribution in [0.1, 0.15) is 33.1 Å². The van der Waals surface area contributed by atoms with Crippen LogP contribution in [0, 0.1) is 5.92 Å². The Balaban J connectivity index is 1.88. The van der Waals surface area contributed by atoms with E-state index in [0.29, 0.717) is 11.2 Å². The average Bonchev–Trinajstić information content (AvgIpc) is 2.70. The molecule has 2 fully saturated rings. The number of fused-ring (bicyclic) bond motifs is 1. The molecule has 1 aromatic carbocycles. The van der Waals surface area contributed by atoms with Gasteiger partial charge in [0.25, 0.3) is 0 Å². The molecule has 1 saturated carbocycles. The molecule has 1 heterocycles. The maximum atomic E-state index is 6.51. The molecule has 1 saturated heterocycles. The van der Waals surface area contributed by atoms with E-state index < -0.39 is 5.47 Å². The van der Waals surface area contributed by atoms with Gasteiger partial charge in [-0.05, 0) is 39.0 Å². The molecule has 0 bridgehead atoms. The highest BCUT2D eigenvalue weighted by molar-refractivity contribution is 8.72. The molecule has 4 heteroatoms. The van der Waals surface area contributed by atoms with Crippen LogP contribution in [0.2, 0.25) is 0 Å². The Morgan fingerprint density at radius 2 is 2.15 bits per heavy atom. The fraction of sp³-hybridized carbons (Fsp3) is 0.500. The van der Waals surface area contributed by atoms with E-state index in [1.807, 2.05) is 17.4 Å². The fourth-order valence-electron chi connectivity index (χ4n) is 3.14. The first kappa shape index (κ1) is 14.8. The van der Waals surface area contributed by atoms with Crippen LogP contribution in [0.5, 0.6) is 0 Å². The largest absolute Gasteiger partial charge is 0.331 e. The molecule has 1 nitrogen and oxygen atoms in total. The molecule has 108 valence electrons. The van der Waals surface area contributed by atoms with E-state index in [1.165, 1.54) is 23.7 Å². The molecule has 0 radical (unpaired) electrons. The second-order valence-electron chi connectivity index (χ2n) is 6.15. The van der Waals surface area contributed by atoms with Crippen molar-refractivity contribution >= 4 is 34.0 Å². The van der Waals surface area contributed by atoms with Crippen molar-refractivity contribution in [3.05, 3.63) is 42.5 Å². The van der Waals surface area contributed by atoms with Crippen LogP contribution in [0.25, 0.3) is 0 Å². The lowest BCUT2D eigenvalue weighted by molar-refractivity contribution is 0.0685. The van der Waals surface area contributed by atoms with Gasteiger partial charge < -0.3 is 4.52 Å². The molecule has 0 aromatic heterocycles. The Morgan fingerprint density at radius 1 is 1.45 bits per heavy atom. The summed E-state index contributed by atoms with van der Waals surface area (Å²) in [5.41, 5.74) is -0.657. The number of benzene rings is 1. The molecular formula is C16H21OPS2. The van der Waals surface area contributed by atoms with E-state index in [1.54, 1.807) is 0 Å². The summed E-state index contributed by atoms with van der Waals surface area (Å²) >= 11 is 7.89. The topological polar surface area (TPSA) is 9.23 Å². The molecule has 20 heavy (non-hydrogen) atoms. The molecule has 0 N–H and O–H groups in total. The maximum Gasteiger partial charge on any atom is 0.149 e. The van der Waals surface area contributed by atoms with E-state index in [9.17, 15) is 0 Å². The van der Waals surface area contributed by atoms with Gasteiger partial charge in [0.15, 0.2) is 0 Å². The van der Waals surface area contributed by atoms with Crippen LogP contribution in [0.3, 0.4) is 0 Å². The lowest BCUT2D eigenvalue weighted by atomic mass is 9.77. The smallest absolute Gasteiger partial charge is 0.149 e. The van der Waals surface area contributed by atoms with Crippen LogP contribution in [0.4, 0.5) is 0 Å². The molecule has 1 aliphatic carbocycles. The minimum atomic E-state index is -1.93. The van der Waals surface area contributed by atoms with Crippen LogP contribution in [0.15, 0.2) is 42.5 Å². The van der Waals surface area contributed by atoms with Gasteiger partial charge in [-0.2, -0.15) is 0 Å². The molecule has 0 unspecified atom stereocenters. The van der Waals surface area contributed by atoms with Crippen molar-refractivity contribution in [3.63, 3.8) is 0 Å². The highest BCUT2D eigenvalue weighted by Crippen LogP contribution is 2.73. The lowest BCUT2D eigenvalue weighted by Crippen LogP contribution is -2.40. The fourth-order valence-corrected chi connectivity index (χ4v) is 10.9. The van der Waals surface area contributed by atoms with Gasteiger partial charge in [-0.15, -0.1) is 0 Å². The Labute approximate surface area is 131 Å². The average molecular weight is 324 g/mol. The van der Waals surface area contributed by atoms with Gasteiger partial charge in [-0.1, -0.05) is 65.7 Å². The van der Waals surface area contributed by atoms with Crippen molar-refractivity contribution in [1.82, 2.24) is 0 Å². The minimum Gasteiger partial charge on any atom is -0.331 e. The molecule has 3 rings (SSSR count). The molecular weight excluding hydrogens is 303 g/mol. The van der Waals surface area contributed by atoms with Gasteiger partial charge in [0.05, 0.1) is 5.60 Å². The van der Waals surface area contributed by atoms with Crippen molar-refractivity contribution in [2.24, 2.45) is 5.92 Å². The zero-order chi connectivity index (χ0) is 14.4. The van der Waals surface area contributed by atoms with Crippen LogP contribution < -0.4 is 5.30 Å². The first-order valence-corrected chi connectivity index (χ1v) is 11.3. The second kappa shape index (κ2) is 5.28. The SMILES string of the molecule is C=C(C)[C@@H]1CC[C@]2(C)O[P@](=S)(c3ccccc3)S[C@H]2C1. The van der Waals surface area contributed by atoms with Gasteiger partial charge in [0, 0.05) is 10.6 Å². The zero-order valence-corrected chi connectivity index (χ0v) is 14.6. The van der Waals surface area contributed by atoms with Gasteiger partial charge in [-0.3, -0.25) is 0 Å². The number of hydrogen-bond acceptors (Lipinski definition) is 3. The van der Waals surface area contributed by atoms with Gasteiger partial charge >= 0.3 is 0 Å². The number of allylic oxidation sites excluding steroid dienone is 1. The number of rotatable bonds is 2. The summed E-state index contributed by atoms with van der Waals surface area (Å²) in [6.45, 7) is 8.56. The quantitative estimate of drug-likeness (QED) is 0.566. The Bertz CT molecular complexity index is 571. The van der Waals surface area contributed by atoms with E-state index in [2.05, 4.69) is 44.7 Å². The number of hydrogen-bond donors (Lipinski definition) is 0. The molecule has 1 aliphatic heterocycles. The summed E-state index contributed by atoms with van der Waals surface area (Å²) in [5.74, 6) is 0.640. The third-order valence-electron chi connectivity index (χ3n) is 4.53. The van der Waals surface area contributed by atoms with Crippen molar-refractivity contribution in [2.75, 3.05) is 0 Å². The van der Waals surface area contributed by atoms with Gasteiger partial charge in [0.1, 0.15) is 5.47 Å². The molecule has 1 aromatic rings. The van der Waals surface area contributed by atoms with E-state index >= 15 is 0 Å². The highest BCUT2D eigenvalue weighted by atomic mass is 32.9. The third kappa shape index (κ3) is 2.54. The summed E-state index contributed by atoms with van der Waals surface area (Å²) < 4.78 is 6.51. The van der Waals surface area contributed by atoms with Crippen molar-refractivity contribution in [1.29, 1.82) is 0 Å². The van der Waals surface area contributed by atoms with E-state index in [0.717, 1.165) is 6.42 Å².